The molecule has 0 atom stereocenters. The van der Waals surface area contributed by atoms with Crippen LogP contribution >= 0.6 is 0 Å². The Morgan fingerprint density at radius 1 is 0.697 bits per heavy atom. The Bertz CT molecular complexity index is 924. The summed E-state index contributed by atoms with van der Waals surface area (Å²) in [5.74, 6) is 0. The van der Waals surface area contributed by atoms with Gasteiger partial charge < -0.3 is 10.6 Å². The van der Waals surface area contributed by atoms with Crippen LogP contribution in [0.3, 0.4) is 0 Å². The van der Waals surface area contributed by atoms with Gasteiger partial charge in [0.05, 0.1) is 5.69 Å². The van der Waals surface area contributed by atoms with Gasteiger partial charge in [-0.05, 0) is 75.9 Å². The molecular weight excluding hydrogens is 451 g/mol. The van der Waals surface area contributed by atoms with Crippen LogP contribution in [0.25, 0.3) is 0 Å². The van der Waals surface area contributed by atoms with Crippen LogP contribution in [-0.2, 0) is 23.0 Å². The standard InChI is InChI=1S/C28H38N4.Ni/c1-20-15-22(3)27(23(4)16-20)30-11-13-32(19-26-9-7-8-10-29-26)14-12-31-28-24(5)17-21(2)18-25(28)6;/h7-10,15-18,30-31H,11-14,19H2,1-6H3;. The third kappa shape index (κ3) is 7.87. The Hall–Kier alpha value is -2.36. The summed E-state index contributed by atoms with van der Waals surface area (Å²) in [5, 5.41) is 7.35. The Morgan fingerprint density at radius 3 is 1.55 bits per heavy atom. The van der Waals surface area contributed by atoms with Gasteiger partial charge in [0.25, 0.3) is 0 Å². The molecule has 0 amide bonds. The number of anilines is 2. The fraction of sp³-hybridized carbons (Fsp3) is 0.393. The van der Waals surface area contributed by atoms with Gasteiger partial charge in [-0.3, -0.25) is 9.88 Å². The van der Waals surface area contributed by atoms with Crippen LogP contribution in [0, 0.1) is 41.5 Å². The largest absolute Gasteiger partial charge is 0.383 e. The average molecular weight is 489 g/mol. The Kier molecular flexibility index (Phi) is 10.4. The van der Waals surface area contributed by atoms with Gasteiger partial charge in [-0.2, -0.15) is 0 Å². The maximum Gasteiger partial charge on any atom is 0.0543 e. The molecule has 5 heteroatoms. The summed E-state index contributed by atoms with van der Waals surface area (Å²) in [6.45, 7) is 17.6. The zero-order chi connectivity index (χ0) is 23.1. The summed E-state index contributed by atoms with van der Waals surface area (Å²) in [7, 11) is 0. The average Bonchev–Trinajstić information content (AvgIpc) is 2.72. The van der Waals surface area contributed by atoms with Crippen LogP contribution < -0.4 is 10.6 Å². The van der Waals surface area contributed by atoms with E-state index >= 15 is 0 Å². The minimum absolute atomic E-state index is 0. The molecule has 0 aliphatic heterocycles. The zero-order valence-corrected chi connectivity index (χ0v) is 21.9. The number of benzene rings is 2. The number of nitrogens with zero attached hydrogens (tertiary/aromatic N) is 2. The van der Waals surface area contributed by atoms with E-state index in [9.17, 15) is 0 Å². The van der Waals surface area contributed by atoms with E-state index in [-0.39, 0.29) is 16.5 Å². The van der Waals surface area contributed by atoms with Gasteiger partial charge in [0.15, 0.2) is 0 Å². The van der Waals surface area contributed by atoms with Gasteiger partial charge in [0.2, 0.25) is 0 Å². The molecule has 0 fully saturated rings. The normalized spacial score (nSPS) is 10.8. The van der Waals surface area contributed by atoms with Crippen molar-refractivity contribution in [3.8, 4) is 0 Å². The molecule has 0 aliphatic carbocycles. The molecule has 2 aromatic carbocycles. The van der Waals surface area contributed by atoms with Crippen molar-refractivity contribution in [1.82, 2.24) is 9.88 Å². The first-order chi connectivity index (χ1) is 15.3. The van der Waals surface area contributed by atoms with Crippen LogP contribution in [0.5, 0.6) is 0 Å². The smallest absolute Gasteiger partial charge is 0.0543 e. The van der Waals surface area contributed by atoms with Gasteiger partial charge >= 0.3 is 0 Å². The molecular formula is C28H38N4Ni. The van der Waals surface area contributed by atoms with E-state index in [1.165, 1.54) is 44.8 Å². The Labute approximate surface area is 210 Å². The third-order valence-corrected chi connectivity index (χ3v) is 5.93. The van der Waals surface area contributed by atoms with Crippen molar-refractivity contribution in [2.45, 2.75) is 48.1 Å². The molecule has 1 aromatic heterocycles. The van der Waals surface area contributed by atoms with Crippen molar-refractivity contribution in [3.05, 3.63) is 87.7 Å². The van der Waals surface area contributed by atoms with E-state index in [0.717, 1.165) is 38.4 Å². The SMILES string of the molecule is Cc1cc(C)c(NCCN(CCNc2c(C)cc(C)cc2C)Cc2ccccn2)c(C)c1.[Ni]. The summed E-state index contributed by atoms with van der Waals surface area (Å²) in [4.78, 5) is 7.02. The fourth-order valence-corrected chi connectivity index (χ4v) is 4.59. The number of pyridine rings is 1. The number of nitrogens with one attached hydrogen (secondary N) is 2. The fourth-order valence-electron chi connectivity index (χ4n) is 4.59. The zero-order valence-electron chi connectivity index (χ0n) is 20.9. The summed E-state index contributed by atoms with van der Waals surface area (Å²) >= 11 is 0. The number of rotatable bonds is 10. The molecule has 3 rings (SSSR count). The van der Waals surface area contributed by atoms with E-state index < -0.39 is 0 Å². The molecule has 0 spiro atoms. The second-order valence-corrected chi connectivity index (χ2v) is 9.00. The number of aromatic nitrogens is 1. The first-order valence-electron chi connectivity index (χ1n) is 11.6. The topological polar surface area (TPSA) is 40.2 Å². The molecule has 3 aromatic rings. The minimum Gasteiger partial charge on any atom is -0.383 e. The molecule has 0 saturated heterocycles. The van der Waals surface area contributed by atoms with Crippen molar-refractivity contribution < 1.29 is 16.5 Å². The van der Waals surface area contributed by atoms with Gasteiger partial charge in [-0.1, -0.05) is 41.5 Å². The monoisotopic (exact) mass is 488 g/mol. The molecule has 2 N–H and O–H groups in total. The molecule has 33 heavy (non-hydrogen) atoms. The van der Waals surface area contributed by atoms with Crippen LogP contribution in [0.2, 0.25) is 0 Å². The van der Waals surface area contributed by atoms with E-state index in [0.29, 0.717) is 0 Å². The Balaban J connectivity index is 0.00000385. The number of aryl methyl sites for hydroxylation is 6. The summed E-state index contributed by atoms with van der Waals surface area (Å²) in [5.41, 5.74) is 11.5. The first kappa shape index (κ1) is 26.9. The first-order valence-corrected chi connectivity index (χ1v) is 11.6. The second-order valence-electron chi connectivity index (χ2n) is 9.00. The summed E-state index contributed by atoms with van der Waals surface area (Å²) < 4.78 is 0. The quantitative estimate of drug-likeness (QED) is 0.345. The van der Waals surface area contributed by atoms with Crippen LogP contribution in [0.1, 0.15) is 39.1 Å². The predicted molar refractivity (Wildman–Crippen MR) is 138 cm³/mol. The molecule has 0 aliphatic rings. The molecule has 180 valence electrons. The molecule has 0 unspecified atom stereocenters. The maximum atomic E-state index is 4.54. The van der Waals surface area contributed by atoms with Crippen molar-refractivity contribution in [1.29, 1.82) is 0 Å². The molecule has 0 saturated carbocycles. The van der Waals surface area contributed by atoms with E-state index in [2.05, 4.69) is 98.5 Å². The molecule has 4 nitrogen and oxygen atoms in total. The molecule has 0 bridgehead atoms. The predicted octanol–water partition coefficient (Wildman–Crippen LogP) is 5.96. The van der Waals surface area contributed by atoms with E-state index in [1.807, 2.05) is 12.3 Å². The summed E-state index contributed by atoms with van der Waals surface area (Å²) in [6, 6.07) is 15.1. The van der Waals surface area contributed by atoms with Crippen molar-refractivity contribution in [2.24, 2.45) is 0 Å². The summed E-state index contributed by atoms with van der Waals surface area (Å²) in [6.07, 6.45) is 1.88. The van der Waals surface area contributed by atoms with Gasteiger partial charge in [-0.15, -0.1) is 0 Å². The number of hydrogen-bond acceptors (Lipinski definition) is 4. The molecule has 0 radical (unpaired) electrons. The van der Waals surface area contributed by atoms with Gasteiger partial charge in [-0.25, -0.2) is 0 Å². The Morgan fingerprint density at radius 2 is 1.15 bits per heavy atom. The van der Waals surface area contributed by atoms with Crippen molar-refractivity contribution in [2.75, 3.05) is 36.8 Å². The van der Waals surface area contributed by atoms with Crippen molar-refractivity contribution >= 4 is 11.4 Å². The second kappa shape index (κ2) is 12.8. The van der Waals surface area contributed by atoms with Crippen LogP contribution in [-0.4, -0.2) is 36.1 Å². The van der Waals surface area contributed by atoms with E-state index in [4.69, 9.17) is 0 Å². The van der Waals surface area contributed by atoms with Crippen LogP contribution in [0.4, 0.5) is 11.4 Å². The minimum atomic E-state index is 0. The number of hydrogen-bond donors (Lipinski definition) is 2. The van der Waals surface area contributed by atoms with Crippen molar-refractivity contribution in [3.63, 3.8) is 0 Å². The van der Waals surface area contributed by atoms with E-state index in [1.54, 1.807) is 0 Å². The van der Waals surface area contributed by atoms with Gasteiger partial charge in [0.1, 0.15) is 0 Å². The van der Waals surface area contributed by atoms with Crippen LogP contribution in [0.15, 0.2) is 48.7 Å². The molecule has 1 heterocycles. The third-order valence-electron chi connectivity index (χ3n) is 5.93. The van der Waals surface area contributed by atoms with Gasteiger partial charge in [0, 0.05) is 66.8 Å². The maximum absolute atomic E-state index is 4.54.